The molecular weight excluding hydrogens is 430 g/mol. The van der Waals surface area contributed by atoms with E-state index in [1.54, 1.807) is 11.0 Å². The van der Waals surface area contributed by atoms with E-state index in [2.05, 4.69) is 0 Å². The van der Waals surface area contributed by atoms with E-state index in [1.165, 1.54) is 12.4 Å². The van der Waals surface area contributed by atoms with Crippen molar-refractivity contribution in [3.8, 4) is 11.1 Å². The molecule has 1 fully saturated rings. The number of aromatic nitrogens is 1. The average molecular weight is 462 g/mol. The van der Waals surface area contributed by atoms with Crippen LogP contribution in [0.25, 0.3) is 11.1 Å². The summed E-state index contributed by atoms with van der Waals surface area (Å²) >= 11 is 0. The van der Waals surface area contributed by atoms with E-state index in [1.807, 2.05) is 80.6 Å². The van der Waals surface area contributed by atoms with Gasteiger partial charge in [-0.05, 0) is 37.5 Å². The van der Waals surface area contributed by atoms with Crippen LogP contribution in [-0.4, -0.2) is 29.0 Å². The normalized spacial score (nSPS) is 18.3. The molecule has 0 bridgehead atoms. The Hall–Kier alpha value is -3.87. The first-order valence-corrected chi connectivity index (χ1v) is 11.3. The molecule has 1 saturated heterocycles. The third-order valence-electron chi connectivity index (χ3n) is 5.99. The summed E-state index contributed by atoms with van der Waals surface area (Å²) in [6, 6.07) is 23.2. The van der Waals surface area contributed by atoms with E-state index in [0.29, 0.717) is 19.4 Å². The Morgan fingerprint density at radius 2 is 1.71 bits per heavy atom. The second-order valence-corrected chi connectivity index (χ2v) is 8.63. The largest absolute Gasteiger partial charge is 0.619 e. The maximum atomic E-state index is 12.5. The molecular formula is C27H31N3O4. The highest BCUT2D eigenvalue weighted by Gasteiger charge is 2.38. The first kappa shape index (κ1) is 24.8. The van der Waals surface area contributed by atoms with Gasteiger partial charge < -0.3 is 20.6 Å². The summed E-state index contributed by atoms with van der Waals surface area (Å²) < 4.78 is 6.40. The predicted octanol–water partition coefficient (Wildman–Crippen LogP) is 4.60. The second-order valence-electron chi connectivity index (χ2n) is 8.63. The molecule has 1 aromatic heterocycles. The lowest BCUT2D eigenvalue weighted by atomic mass is 9.93. The van der Waals surface area contributed by atoms with Gasteiger partial charge in [0, 0.05) is 31.0 Å². The Labute approximate surface area is 200 Å². The fourth-order valence-electron chi connectivity index (χ4n) is 3.83. The van der Waals surface area contributed by atoms with Crippen molar-refractivity contribution in [3.05, 3.63) is 96.0 Å². The van der Waals surface area contributed by atoms with Crippen molar-refractivity contribution in [3.63, 3.8) is 0 Å². The number of amides is 2. The monoisotopic (exact) mass is 461 g/mol. The number of carbonyl (C=O) groups excluding carboxylic acids is 2. The van der Waals surface area contributed by atoms with Crippen LogP contribution in [0.15, 0.2) is 85.2 Å². The molecule has 1 aliphatic rings. The third kappa shape index (κ3) is 6.81. The molecule has 0 saturated carbocycles. The second kappa shape index (κ2) is 11.3. The molecule has 0 spiro atoms. The molecule has 178 valence electrons. The number of rotatable bonds is 6. The number of hydrogen-bond donors (Lipinski definition) is 1. The van der Waals surface area contributed by atoms with Gasteiger partial charge in [-0.15, -0.1) is 0 Å². The summed E-state index contributed by atoms with van der Waals surface area (Å²) in [4.78, 5) is 25.3. The Balaban J connectivity index is 0.000000469. The molecule has 0 unspecified atom stereocenters. The van der Waals surface area contributed by atoms with Crippen LogP contribution < -0.4 is 10.5 Å². The van der Waals surface area contributed by atoms with Crippen molar-refractivity contribution in [1.82, 2.24) is 4.90 Å². The lowest BCUT2D eigenvalue weighted by Crippen LogP contribution is -2.49. The molecule has 3 aromatic rings. The maximum absolute atomic E-state index is 12.5. The van der Waals surface area contributed by atoms with Crippen molar-refractivity contribution in [2.75, 3.05) is 6.54 Å². The van der Waals surface area contributed by atoms with E-state index in [9.17, 15) is 14.8 Å². The van der Waals surface area contributed by atoms with Gasteiger partial charge in [-0.25, -0.2) is 4.79 Å². The van der Waals surface area contributed by atoms with Crippen molar-refractivity contribution >= 4 is 12.0 Å². The summed E-state index contributed by atoms with van der Waals surface area (Å²) in [5.74, 6) is -0.394. The first-order valence-electron chi connectivity index (χ1n) is 11.3. The quantitative estimate of drug-likeness (QED) is 0.428. The van der Waals surface area contributed by atoms with E-state index >= 15 is 0 Å². The summed E-state index contributed by atoms with van der Waals surface area (Å²) in [5.41, 5.74) is 7.29. The van der Waals surface area contributed by atoms with Gasteiger partial charge in [0.2, 0.25) is 5.91 Å². The fraction of sp³-hybridized carbons (Fsp3) is 0.296. The Kier molecular flexibility index (Phi) is 8.24. The van der Waals surface area contributed by atoms with E-state index in [0.717, 1.165) is 21.4 Å². The SMILES string of the molecule is C[C@@H](c1ccc(-c2ccc[n+]([O-])c2)cc1)N1CC[C@@](C)(CCC(N)=O)OC1=O.c1ccccc1. The Bertz CT molecular complexity index is 1060. The minimum Gasteiger partial charge on any atom is -0.619 e. The zero-order valence-corrected chi connectivity index (χ0v) is 19.6. The zero-order valence-electron chi connectivity index (χ0n) is 19.6. The van der Waals surface area contributed by atoms with Crippen LogP contribution in [-0.2, 0) is 9.53 Å². The molecule has 4 rings (SSSR count). The molecule has 1 aliphatic heterocycles. The lowest BCUT2D eigenvalue weighted by Gasteiger charge is -2.41. The number of primary amides is 1. The maximum Gasteiger partial charge on any atom is 0.410 e. The first-order chi connectivity index (χ1) is 16.3. The molecule has 7 heteroatoms. The number of ether oxygens (including phenoxy) is 1. The van der Waals surface area contributed by atoms with E-state index in [-0.39, 0.29) is 18.6 Å². The standard InChI is InChI=1S/C21H25N3O4.C6H6/c1-15(24-13-11-21(2,28-20(24)26)10-9-19(22)25)16-5-7-17(8-6-16)18-4-3-12-23(27)14-18;1-2-4-6-5-3-1/h3-8,12,14-15H,9-11,13H2,1-2H3,(H2,22,25);1-6H/t15-,21+;/m0./s1. The highest BCUT2D eigenvalue weighted by atomic mass is 16.6. The van der Waals surface area contributed by atoms with Crippen LogP contribution in [0, 0.1) is 5.21 Å². The zero-order chi connectivity index (χ0) is 24.6. The Morgan fingerprint density at radius 1 is 1.09 bits per heavy atom. The molecule has 7 nitrogen and oxygen atoms in total. The van der Waals surface area contributed by atoms with Crippen LogP contribution in [0.1, 0.15) is 44.7 Å². The predicted molar refractivity (Wildman–Crippen MR) is 130 cm³/mol. The van der Waals surface area contributed by atoms with Gasteiger partial charge in [0.1, 0.15) is 5.60 Å². The number of carbonyl (C=O) groups is 2. The van der Waals surface area contributed by atoms with Gasteiger partial charge >= 0.3 is 6.09 Å². The number of hydrogen-bond acceptors (Lipinski definition) is 4. The minimum atomic E-state index is -0.660. The van der Waals surface area contributed by atoms with Crippen molar-refractivity contribution in [1.29, 1.82) is 0 Å². The number of pyridine rings is 1. The fourth-order valence-corrected chi connectivity index (χ4v) is 3.83. The van der Waals surface area contributed by atoms with Gasteiger partial charge in [0.15, 0.2) is 12.4 Å². The highest BCUT2D eigenvalue weighted by Crippen LogP contribution is 2.33. The average Bonchev–Trinajstić information content (AvgIpc) is 2.84. The van der Waals surface area contributed by atoms with Crippen molar-refractivity contribution < 1.29 is 19.1 Å². The Morgan fingerprint density at radius 3 is 2.24 bits per heavy atom. The number of benzene rings is 2. The van der Waals surface area contributed by atoms with Gasteiger partial charge in [0.25, 0.3) is 0 Å². The number of nitrogens with zero attached hydrogens (tertiary/aromatic N) is 2. The molecule has 2 N–H and O–H groups in total. The molecule has 2 aromatic carbocycles. The summed E-state index contributed by atoms with van der Waals surface area (Å²) in [6.07, 6.45) is 3.85. The van der Waals surface area contributed by atoms with Crippen molar-refractivity contribution in [2.45, 2.75) is 44.8 Å². The summed E-state index contributed by atoms with van der Waals surface area (Å²) in [6.45, 7) is 4.34. The molecule has 34 heavy (non-hydrogen) atoms. The highest BCUT2D eigenvalue weighted by molar-refractivity contribution is 5.74. The minimum absolute atomic E-state index is 0.151. The molecule has 2 amide bonds. The van der Waals surface area contributed by atoms with Crippen LogP contribution in [0.2, 0.25) is 0 Å². The molecule has 2 atom stereocenters. The van der Waals surface area contributed by atoms with Crippen LogP contribution in [0.4, 0.5) is 4.79 Å². The van der Waals surface area contributed by atoms with Crippen molar-refractivity contribution in [2.24, 2.45) is 5.73 Å². The number of cyclic esters (lactones) is 1. The van der Waals surface area contributed by atoms with E-state index < -0.39 is 11.5 Å². The van der Waals surface area contributed by atoms with Crippen LogP contribution in [0.3, 0.4) is 0 Å². The summed E-state index contributed by atoms with van der Waals surface area (Å²) in [5, 5.41) is 11.5. The topological polar surface area (TPSA) is 99.6 Å². The van der Waals surface area contributed by atoms with E-state index in [4.69, 9.17) is 10.5 Å². The number of nitrogens with two attached hydrogens (primary N) is 1. The van der Waals surface area contributed by atoms with Gasteiger partial charge in [-0.2, -0.15) is 4.73 Å². The summed E-state index contributed by atoms with van der Waals surface area (Å²) in [7, 11) is 0. The van der Waals surface area contributed by atoms with Gasteiger partial charge in [-0.3, -0.25) is 4.79 Å². The lowest BCUT2D eigenvalue weighted by molar-refractivity contribution is -0.604. The van der Waals surface area contributed by atoms with Crippen LogP contribution >= 0.6 is 0 Å². The van der Waals surface area contributed by atoms with Gasteiger partial charge in [0.05, 0.1) is 6.04 Å². The molecule has 2 heterocycles. The molecule has 0 radical (unpaired) electrons. The smallest absolute Gasteiger partial charge is 0.410 e. The van der Waals surface area contributed by atoms with Crippen LogP contribution in [0.5, 0.6) is 0 Å². The molecule has 0 aliphatic carbocycles. The third-order valence-corrected chi connectivity index (χ3v) is 5.99. The van der Waals surface area contributed by atoms with Gasteiger partial charge in [-0.1, -0.05) is 60.7 Å².